The largest absolute Gasteiger partial charge is 0.433 e. The highest BCUT2D eigenvalue weighted by molar-refractivity contribution is 5.98. The molecule has 0 atom stereocenters. The molecule has 0 unspecified atom stereocenters. The number of rotatable bonds is 3. The van der Waals surface area contributed by atoms with Crippen molar-refractivity contribution < 1.29 is 9.63 Å². The van der Waals surface area contributed by atoms with Gasteiger partial charge in [-0.25, -0.2) is 4.79 Å². The quantitative estimate of drug-likeness (QED) is 0.427. The van der Waals surface area contributed by atoms with Crippen LogP contribution in [0.3, 0.4) is 0 Å². The highest BCUT2D eigenvalue weighted by Gasteiger charge is 2.20. The average molecular weight is 208 g/mol. The molecule has 80 valence electrons. The summed E-state index contributed by atoms with van der Waals surface area (Å²) in [6.07, 6.45) is -0.616. The van der Waals surface area contributed by atoms with Gasteiger partial charge in [0.2, 0.25) is 0 Å². The molecule has 0 saturated heterocycles. The van der Waals surface area contributed by atoms with Gasteiger partial charge < -0.3 is 5.32 Å². The summed E-state index contributed by atoms with van der Waals surface area (Å²) in [4.78, 5) is 15.0. The van der Waals surface area contributed by atoms with E-state index < -0.39 is 11.5 Å². The third-order valence-corrected chi connectivity index (χ3v) is 1.48. The minimum Gasteiger partial charge on any atom is -0.323 e. The van der Waals surface area contributed by atoms with E-state index in [-0.39, 0.29) is 12.1 Å². The lowest BCUT2D eigenvalue weighted by molar-refractivity contribution is 0.152. The summed E-state index contributed by atoms with van der Waals surface area (Å²) >= 11 is 0. The molecule has 0 aromatic rings. The van der Waals surface area contributed by atoms with E-state index in [0.29, 0.717) is 0 Å². The molecule has 0 aliphatic rings. The molecule has 15 heavy (non-hydrogen) atoms. The lowest BCUT2D eigenvalue weighted by Crippen LogP contribution is -2.19. The van der Waals surface area contributed by atoms with Gasteiger partial charge >= 0.3 is 6.09 Å². The molecule has 0 spiro atoms. The van der Waals surface area contributed by atoms with E-state index >= 15 is 0 Å². The molecule has 0 heterocycles. The lowest BCUT2D eigenvalue weighted by Gasteiger charge is -2.11. The van der Waals surface area contributed by atoms with Gasteiger partial charge in [-0.1, -0.05) is 5.16 Å². The number of nitrogens with one attached hydrogen (secondary N) is 1. The molecule has 0 aliphatic carbocycles. The molecule has 0 fully saturated rings. The van der Waals surface area contributed by atoms with Crippen LogP contribution in [-0.4, -0.2) is 18.9 Å². The standard InChI is InChI=1S/C9H12N4O2/c1-9(2,6-11)4-7(5-10)13-15-8(14)12-3/h4H2,1-3H3,(H,12,14). The summed E-state index contributed by atoms with van der Waals surface area (Å²) in [5.41, 5.74) is -0.703. The normalized spacial score (nSPS) is 11.1. The van der Waals surface area contributed by atoms with Crippen LogP contribution in [0.2, 0.25) is 0 Å². The fourth-order valence-corrected chi connectivity index (χ4v) is 0.693. The van der Waals surface area contributed by atoms with Crippen molar-refractivity contribution in [1.29, 1.82) is 10.5 Å². The zero-order chi connectivity index (χ0) is 11.9. The van der Waals surface area contributed by atoms with Gasteiger partial charge in [0.25, 0.3) is 0 Å². The molecule has 0 aromatic heterocycles. The number of carbonyl (C=O) groups excluding carboxylic acids is 1. The summed E-state index contributed by atoms with van der Waals surface area (Å²) in [5, 5.41) is 22.9. The first-order valence-electron chi connectivity index (χ1n) is 4.22. The Balaban J connectivity index is 4.47. The number of oxime groups is 1. The monoisotopic (exact) mass is 208 g/mol. The summed E-state index contributed by atoms with van der Waals surface area (Å²) in [7, 11) is 1.38. The first kappa shape index (κ1) is 12.9. The minimum absolute atomic E-state index is 0.00477. The van der Waals surface area contributed by atoms with Crippen LogP contribution in [0.15, 0.2) is 5.16 Å². The highest BCUT2D eigenvalue weighted by Crippen LogP contribution is 2.19. The second-order valence-electron chi connectivity index (χ2n) is 3.45. The summed E-state index contributed by atoms with van der Waals surface area (Å²) in [6.45, 7) is 3.33. The van der Waals surface area contributed by atoms with Crippen LogP contribution >= 0.6 is 0 Å². The third-order valence-electron chi connectivity index (χ3n) is 1.48. The van der Waals surface area contributed by atoms with Gasteiger partial charge in [0.15, 0.2) is 5.71 Å². The fourth-order valence-electron chi connectivity index (χ4n) is 0.693. The molecule has 6 nitrogen and oxygen atoms in total. The van der Waals surface area contributed by atoms with Crippen molar-refractivity contribution in [3.05, 3.63) is 0 Å². The molecular formula is C9H12N4O2. The Morgan fingerprint density at radius 3 is 2.53 bits per heavy atom. The van der Waals surface area contributed by atoms with Crippen molar-refractivity contribution >= 4 is 11.8 Å². The first-order valence-corrected chi connectivity index (χ1v) is 4.22. The van der Waals surface area contributed by atoms with Crippen LogP contribution < -0.4 is 5.32 Å². The second-order valence-corrected chi connectivity index (χ2v) is 3.45. The van der Waals surface area contributed by atoms with Crippen molar-refractivity contribution in [2.75, 3.05) is 7.05 Å². The Bertz CT molecular complexity index is 346. The summed E-state index contributed by atoms with van der Waals surface area (Å²) in [5.74, 6) is 0. The Labute approximate surface area is 88.1 Å². The van der Waals surface area contributed by atoms with E-state index in [4.69, 9.17) is 10.5 Å². The second kappa shape index (κ2) is 5.61. The van der Waals surface area contributed by atoms with E-state index in [1.807, 2.05) is 6.07 Å². The molecule has 0 aromatic carbocycles. The van der Waals surface area contributed by atoms with Crippen LogP contribution in [0, 0.1) is 28.1 Å². The van der Waals surface area contributed by atoms with Gasteiger partial charge in [-0.3, -0.25) is 4.84 Å². The van der Waals surface area contributed by atoms with E-state index in [2.05, 4.69) is 15.3 Å². The van der Waals surface area contributed by atoms with Crippen molar-refractivity contribution in [3.63, 3.8) is 0 Å². The van der Waals surface area contributed by atoms with E-state index in [1.54, 1.807) is 19.9 Å². The predicted molar refractivity (Wildman–Crippen MR) is 52.6 cm³/mol. The Kier molecular flexibility index (Phi) is 4.83. The van der Waals surface area contributed by atoms with Crippen molar-refractivity contribution in [2.24, 2.45) is 10.6 Å². The summed E-state index contributed by atoms with van der Waals surface area (Å²) < 4.78 is 0. The molecule has 1 amide bonds. The molecule has 0 radical (unpaired) electrons. The van der Waals surface area contributed by atoms with Crippen molar-refractivity contribution in [1.82, 2.24) is 5.32 Å². The first-order chi connectivity index (χ1) is 6.95. The topological polar surface area (TPSA) is 98.3 Å². The number of nitrogens with zero attached hydrogens (tertiary/aromatic N) is 3. The number of hydrogen-bond acceptors (Lipinski definition) is 5. The van der Waals surface area contributed by atoms with E-state index in [1.165, 1.54) is 7.05 Å². The Morgan fingerprint density at radius 1 is 1.53 bits per heavy atom. The zero-order valence-corrected chi connectivity index (χ0v) is 8.87. The minimum atomic E-state index is -0.752. The maximum Gasteiger partial charge on any atom is 0.433 e. The fraction of sp³-hybridized carbons (Fsp3) is 0.556. The highest BCUT2D eigenvalue weighted by atomic mass is 16.7. The van der Waals surface area contributed by atoms with Crippen LogP contribution in [0.25, 0.3) is 0 Å². The van der Waals surface area contributed by atoms with Crippen LogP contribution in [0.4, 0.5) is 4.79 Å². The van der Waals surface area contributed by atoms with Gasteiger partial charge in [-0.2, -0.15) is 10.5 Å². The Morgan fingerprint density at radius 2 is 2.13 bits per heavy atom. The van der Waals surface area contributed by atoms with Gasteiger partial charge in [0.05, 0.1) is 11.5 Å². The molecule has 1 N–H and O–H groups in total. The van der Waals surface area contributed by atoms with Gasteiger partial charge in [-0.15, -0.1) is 0 Å². The number of hydrogen-bond donors (Lipinski definition) is 1. The lowest BCUT2D eigenvalue weighted by atomic mass is 9.89. The third kappa shape index (κ3) is 5.27. The van der Waals surface area contributed by atoms with Crippen LogP contribution in [-0.2, 0) is 4.84 Å². The molecule has 0 aliphatic heterocycles. The Hall–Kier alpha value is -2.08. The van der Waals surface area contributed by atoms with Crippen molar-refractivity contribution in [2.45, 2.75) is 20.3 Å². The van der Waals surface area contributed by atoms with Crippen molar-refractivity contribution in [3.8, 4) is 12.1 Å². The summed E-state index contributed by atoms with van der Waals surface area (Å²) in [6, 6.07) is 3.79. The van der Waals surface area contributed by atoms with E-state index in [0.717, 1.165) is 0 Å². The van der Waals surface area contributed by atoms with Gasteiger partial charge in [-0.05, 0) is 13.8 Å². The smallest absolute Gasteiger partial charge is 0.323 e. The predicted octanol–water partition coefficient (Wildman–Crippen LogP) is 1.16. The maximum atomic E-state index is 10.7. The molecule has 0 rings (SSSR count). The van der Waals surface area contributed by atoms with E-state index in [9.17, 15) is 4.79 Å². The number of amides is 1. The van der Waals surface area contributed by atoms with Gasteiger partial charge in [0.1, 0.15) is 6.07 Å². The number of nitriles is 2. The molecular weight excluding hydrogens is 196 g/mol. The SMILES string of the molecule is CNC(=O)ON=C(C#N)CC(C)(C)C#N. The zero-order valence-electron chi connectivity index (χ0n) is 8.87. The average Bonchev–Trinajstić information content (AvgIpc) is 2.23. The number of carbonyl (C=O) groups is 1. The maximum absolute atomic E-state index is 10.7. The molecule has 0 saturated carbocycles. The molecule has 6 heteroatoms. The van der Waals surface area contributed by atoms with Crippen LogP contribution in [0.1, 0.15) is 20.3 Å². The van der Waals surface area contributed by atoms with Gasteiger partial charge in [0, 0.05) is 13.5 Å². The molecule has 0 bridgehead atoms. The van der Waals surface area contributed by atoms with Crippen LogP contribution in [0.5, 0.6) is 0 Å².